The molecular formula is C15H20F2N2OS. The van der Waals surface area contributed by atoms with E-state index in [0.717, 1.165) is 25.0 Å². The van der Waals surface area contributed by atoms with Gasteiger partial charge in [-0.1, -0.05) is 6.92 Å². The number of benzene rings is 1. The standard InChI is InChI=1S/C15H20F2N2OS/c1-2-19-15(14(18)20)7-3-4-11(9-15)21-13-8-10(16)5-6-12(13)17/h5-6,8,11,19H,2-4,7,9H2,1H3,(H2,18,20). The Balaban J connectivity index is 2.13. The van der Waals surface area contributed by atoms with Crippen LogP contribution in [-0.4, -0.2) is 23.2 Å². The zero-order chi connectivity index (χ0) is 15.5. The summed E-state index contributed by atoms with van der Waals surface area (Å²) < 4.78 is 27.0. The number of halogens is 2. The van der Waals surface area contributed by atoms with E-state index in [-0.39, 0.29) is 16.1 Å². The van der Waals surface area contributed by atoms with Crippen molar-refractivity contribution in [3.05, 3.63) is 29.8 Å². The smallest absolute Gasteiger partial charge is 0.237 e. The van der Waals surface area contributed by atoms with E-state index in [1.807, 2.05) is 6.92 Å². The number of amides is 1. The van der Waals surface area contributed by atoms with Crippen molar-refractivity contribution in [2.75, 3.05) is 6.54 Å². The van der Waals surface area contributed by atoms with E-state index in [9.17, 15) is 13.6 Å². The number of primary amides is 1. The van der Waals surface area contributed by atoms with Crippen LogP contribution in [0.1, 0.15) is 32.6 Å². The number of nitrogens with one attached hydrogen (secondary N) is 1. The molecule has 0 spiro atoms. The van der Waals surface area contributed by atoms with Crippen LogP contribution < -0.4 is 11.1 Å². The lowest BCUT2D eigenvalue weighted by molar-refractivity contribution is -0.125. The van der Waals surface area contributed by atoms with Crippen molar-refractivity contribution in [2.24, 2.45) is 5.73 Å². The monoisotopic (exact) mass is 314 g/mol. The van der Waals surface area contributed by atoms with Crippen LogP contribution in [0.15, 0.2) is 23.1 Å². The third-order valence-corrected chi connectivity index (χ3v) is 5.18. The minimum absolute atomic E-state index is 0.0431. The molecule has 1 aliphatic carbocycles. The van der Waals surface area contributed by atoms with Crippen molar-refractivity contribution < 1.29 is 13.6 Å². The zero-order valence-electron chi connectivity index (χ0n) is 12.0. The van der Waals surface area contributed by atoms with E-state index in [1.54, 1.807) is 0 Å². The predicted molar refractivity (Wildman–Crippen MR) is 80.1 cm³/mol. The SMILES string of the molecule is CCNC1(C(N)=O)CCCC(Sc2cc(F)ccc2F)C1. The number of carbonyl (C=O) groups excluding carboxylic acids is 1. The van der Waals surface area contributed by atoms with E-state index in [2.05, 4.69) is 5.32 Å². The molecule has 1 aromatic carbocycles. The number of carbonyl (C=O) groups is 1. The summed E-state index contributed by atoms with van der Waals surface area (Å²) in [5.74, 6) is -1.25. The second-order valence-electron chi connectivity index (χ2n) is 5.39. The molecule has 2 unspecified atom stereocenters. The Morgan fingerprint density at radius 1 is 1.52 bits per heavy atom. The van der Waals surface area contributed by atoms with Crippen molar-refractivity contribution in [2.45, 2.75) is 48.3 Å². The molecule has 0 aromatic heterocycles. The summed E-state index contributed by atoms with van der Waals surface area (Å²) >= 11 is 1.29. The summed E-state index contributed by atoms with van der Waals surface area (Å²) in [7, 11) is 0. The number of thioether (sulfide) groups is 1. The van der Waals surface area contributed by atoms with Crippen LogP contribution in [0.2, 0.25) is 0 Å². The summed E-state index contributed by atoms with van der Waals surface area (Å²) in [5, 5.41) is 3.23. The molecule has 1 amide bonds. The van der Waals surface area contributed by atoms with Crippen LogP contribution in [0.3, 0.4) is 0 Å². The lowest BCUT2D eigenvalue weighted by Gasteiger charge is -2.39. The molecular weight excluding hydrogens is 294 g/mol. The molecule has 2 atom stereocenters. The van der Waals surface area contributed by atoms with E-state index in [1.165, 1.54) is 17.8 Å². The van der Waals surface area contributed by atoms with Crippen molar-refractivity contribution in [1.29, 1.82) is 0 Å². The minimum Gasteiger partial charge on any atom is -0.368 e. The summed E-state index contributed by atoms with van der Waals surface area (Å²) in [6, 6.07) is 3.44. The van der Waals surface area contributed by atoms with Gasteiger partial charge in [-0.2, -0.15) is 0 Å². The van der Waals surface area contributed by atoms with Crippen LogP contribution >= 0.6 is 11.8 Å². The zero-order valence-corrected chi connectivity index (χ0v) is 12.8. The molecule has 1 aromatic rings. The van der Waals surface area contributed by atoms with Gasteiger partial charge >= 0.3 is 0 Å². The van der Waals surface area contributed by atoms with Crippen molar-refractivity contribution in [3.63, 3.8) is 0 Å². The van der Waals surface area contributed by atoms with Crippen molar-refractivity contribution in [3.8, 4) is 0 Å². The van der Waals surface area contributed by atoms with Gasteiger partial charge < -0.3 is 11.1 Å². The van der Waals surface area contributed by atoms with Gasteiger partial charge in [-0.15, -0.1) is 11.8 Å². The fourth-order valence-electron chi connectivity index (χ4n) is 2.88. The largest absolute Gasteiger partial charge is 0.368 e. The molecule has 0 saturated heterocycles. The van der Waals surface area contributed by atoms with Gasteiger partial charge in [-0.25, -0.2) is 8.78 Å². The van der Waals surface area contributed by atoms with E-state index >= 15 is 0 Å². The van der Waals surface area contributed by atoms with Crippen molar-refractivity contribution in [1.82, 2.24) is 5.32 Å². The first kappa shape index (κ1) is 16.2. The maximum atomic E-state index is 13.7. The molecule has 3 N–H and O–H groups in total. The van der Waals surface area contributed by atoms with Gasteiger partial charge in [-0.3, -0.25) is 4.79 Å². The quantitative estimate of drug-likeness (QED) is 0.879. The average Bonchev–Trinajstić information content (AvgIpc) is 2.43. The lowest BCUT2D eigenvalue weighted by atomic mass is 9.80. The Kier molecular flexibility index (Phi) is 5.22. The maximum Gasteiger partial charge on any atom is 0.237 e. The molecule has 0 bridgehead atoms. The number of hydrogen-bond acceptors (Lipinski definition) is 3. The highest BCUT2D eigenvalue weighted by atomic mass is 32.2. The first-order valence-corrected chi connectivity index (χ1v) is 8.01. The highest BCUT2D eigenvalue weighted by Gasteiger charge is 2.41. The third kappa shape index (κ3) is 3.74. The van der Waals surface area contributed by atoms with Crippen molar-refractivity contribution >= 4 is 17.7 Å². The van der Waals surface area contributed by atoms with Crippen LogP contribution in [0.5, 0.6) is 0 Å². The topological polar surface area (TPSA) is 55.1 Å². The van der Waals surface area contributed by atoms with Gasteiger partial charge in [0, 0.05) is 10.1 Å². The van der Waals surface area contributed by atoms with E-state index in [4.69, 9.17) is 5.73 Å². The maximum absolute atomic E-state index is 13.7. The molecule has 0 aliphatic heterocycles. The van der Waals surface area contributed by atoms with Gasteiger partial charge in [0.1, 0.15) is 11.6 Å². The summed E-state index contributed by atoms with van der Waals surface area (Å²) in [6.45, 7) is 2.57. The molecule has 0 radical (unpaired) electrons. The van der Waals surface area contributed by atoms with Gasteiger partial charge in [-0.05, 0) is 50.4 Å². The molecule has 3 nitrogen and oxygen atoms in total. The van der Waals surface area contributed by atoms with Crippen LogP contribution in [0, 0.1) is 11.6 Å². The summed E-state index contributed by atoms with van der Waals surface area (Å²) in [5.41, 5.74) is 4.83. The Labute approximate surface area is 127 Å². The Hall–Kier alpha value is -1.14. The minimum atomic E-state index is -0.728. The van der Waals surface area contributed by atoms with Crippen LogP contribution in [0.4, 0.5) is 8.78 Å². The molecule has 0 heterocycles. The Morgan fingerprint density at radius 3 is 2.95 bits per heavy atom. The molecule has 1 fully saturated rings. The molecule has 6 heteroatoms. The predicted octanol–water partition coefficient (Wildman–Crippen LogP) is 2.83. The molecule has 2 rings (SSSR count). The Bertz CT molecular complexity index is 522. The second kappa shape index (κ2) is 6.75. The van der Waals surface area contributed by atoms with Crippen LogP contribution in [-0.2, 0) is 4.79 Å². The molecule has 21 heavy (non-hydrogen) atoms. The van der Waals surface area contributed by atoms with Gasteiger partial charge in [0.15, 0.2) is 0 Å². The van der Waals surface area contributed by atoms with E-state index < -0.39 is 17.2 Å². The molecule has 1 saturated carbocycles. The third-order valence-electron chi connectivity index (χ3n) is 3.88. The van der Waals surface area contributed by atoms with Crippen LogP contribution in [0.25, 0.3) is 0 Å². The molecule has 1 aliphatic rings. The average molecular weight is 314 g/mol. The number of nitrogens with two attached hydrogens (primary N) is 1. The fraction of sp³-hybridized carbons (Fsp3) is 0.533. The second-order valence-corrected chi connectivity index (χ2v) is 6.73. The normalized spacial score (nSPS) is 25.8. The summed E-state index contributed by atoms with van der Waals surface area (Å²) in [6.07, 6.45) is 2.93. The Morgan fingerprint density at radius 2 is 2.29 bits per heavy atom. The lowest BCUT2D eigenvalue weighted by Crippen LogP contribution is -2.58. The van der Waals surface area contributed by atoms with Gasteiger partial charge in [0.05, 0.1) is 5.54 Å². The highest BCUT2D eigenvalue weighted by Crippen LogP contribution is 2.39. The molecule has 116 valence electrons. The summed E-state index contributed by atoms with van der Waals surface area (Å²) in [4.78, 5) is 12.1. The fourth-order valence-corrected chi connectivity index (χ4v) is 4.25. The number of likely N-dealkylation sites (N-methyl/N-ethyl adjacent to an activating group) is 1. The van der Waals surface area contributed by atoms with E-state index in [0.29, 0.717) is 19.4 Å². The van der Waals surface area contributed by atoms with Gasteiger partial charge in [0.2, 0.25) is 5.91 Å². The first-order valence-electron chi connectivity index (χ1n) is 7.13. The first-order chi connectivity index (χ1) is 9.97. The number of rotatable bonds is 5. The number of hydrogen-bond donors (Lipinski definition) is 2. The highest BCUT2D eigenvalue weighted by molar-refractivity contribution is 8.00. The van der Waals surface area contributed by atoms with Gasteiger partial charge in [0.25, 0.3) is 0 Å².